The average Bonchev–Trinajstić information content (AvgIpc) is 2.81. The van der Waals surface area contributed by atoms with E-state index < -0.39 is 5.60 Å². The fraction of sp³-hybridized carbons (Fsp3) is 1.00. The summed E-state index contributed by atoms with van der Waals surface area (Å²) in [5.74, 6) is 0.691. The third kappa shape index (κ3) is 3.94. The molecule has 3 heteroatoms. The first-order valence-electron chi connectivity index (χ1n) is 7.76. The second-order valence-electron chi connectivity index (χ2n) is 6.74. The second kappa shape index (κ2) is 6.36. The summed E-state index contributed by atoms with van der Waals surface area (Å²) in [7, 11) is 0. The summed E-state index contributed by atoms with van der Waals surface area (Å²) >= 11 is 0. The Morgan fingerprint density at radius 3 is 2.39 bits per heavy atom. The Bertz CT molecular complexity index is 243. The van der Waals surface area contributed by atoms with E-state index in [1.165, 1.54) is 25.7 Å². The first-order valence-corrected chi connectivity index (χ1v) is 7.76. The van der Waals surface area contributed by atoms with Crippen molar-refractivity contribution in [1.29, 1.82) is 0 Å². The number of aliphatic hydroxyl groups is 1. The average molecular weight is 254 g/mol. The van der Waals surface area contributed by atoms with Gasteiger partial charge in [0.05, 0.1) is 5.60 Å². The van der Waals surface area contributed by atoms with Gasteiger partial charge in [0.15, 0.2) is 0 Å². The van der Waals surface area contributed by atoms with Crippen molar-refractivity contribution in [3.63, 3.8) is 0 Å². The molecule has 0 unspecified atom stereocenters. The molecule has 0 atom stereocenters. The van der Waals surface area contributed by atoms with Crippen molar-refractivity contribution in [1.82, 2.24) is 10.2 Å². The van der Waals surface area contributed by atoms with Gasteiger partial charge in [0.25, 0.3) is 0 Å². The number of nitrogens with one attached hydrogen (secondary N) is 1. The minimum Gasteiger partial charge on any atom is -0.388 e. The van der Waals surface area contributed by atoms with Crippen molar-refractivity contribution < 1.29 is 5.11 Å². The quantitative estimate of drug-likeness (QED) is 0.788. The van der Waals surface area contributed by atoms with E-state index in [1.54, 1.807) is 0 Å². The standard InChI is InChI=1S/C15H30N2O/c1-13(2)11-17(14-5-3-4-6-14)12-15(18)7-9-16-10-8-15/h13-14,16,18H,3-12H2,1-2H3. The van der Waals surface area contributed by atoms with Crippen molar-refractivity contribution in [2.24, 2.45) is 5.92 Å². The van der Waals surface area contributed by atoms with Gasteiger partial charge in [0.1, 0.15) is 0 Å². The van der Waals surface area contributed by atoms with Crippen LogP contribution in [0.25, 0.3) is 0 Å². The molecule has 1 aliphatic carbocycles. The molecule has 2 fully saturated rings. The van der Waals surface area contributed by atoms with E-state index in [1.807, 2.05) is 0 Å². The number of hydrogen-bond donors (Lipinski definition) is 2. The molecule has 0 aromatic heterocycles. The molecule has 2 aliphatic rings. The summed E-state index contributed by atoms with van der Waals surface area (Å²) < 4.78 is 0. The SMILES string of the molecule is CC(C)CN(CC1(O)CCNCC1)C1CCCC1. The summed E-state index contributed by atoms with van der Waals surface area (Å²) in [5.41, 5.74) is -0.442. The Morgan fingerprint density at radius 2 is 1.83 bits per heavy atom. The highest BCUT2D eigenvalue weighted by Gasteiger charge is 2.34. The molecule has 18 heavy (non-hydrogen) atoms. The number of piperidine rings is 1. The van der Waals surface area contributed by atoms with Crippen LogP contribution in [0.1, 0.15) is 52.4 Å². The van der Waals surface area contributed by atoms with Gasteiger partial charge in [-0.3, -0.25) is 4.90 Å². The molecule has 0 aromatic carbocycles. The molecule has 0 radical (unpaired) electrons. The Morgan fingerprint density at radius 1 is 1.22 bits per heavy atom. The lowest BCUT2D eigenvalue weighted by molar-refractivity contribution is -0.0331. The van der Waals surface area contributed by atoms with Gasteiger partial charge in [-0.1, -0.05) is 26.7 Å². The lowest BCUT2D eigenvalue weighted by atomic mass is 9.91. The Labute approximate surface area is 112 Å². The smallest absolute Gasteiger partial charge is 0.0798 e. The predicted octanol–water partition coefficient (Wildman–Crippen LogP) is 2.00. The van der Waals surface area contributed by atoms with Crippen LogP contribution in [0.3, 0.4) is 0 Å². The monoisotopic (exact) mass is 254 g/mol. The topological polar surface area (TPSA) is 35.5 Å². The molecule has 2 N–H and O–H groups in total. The van der Waals surface area contributed by atoms with E-state index in [2.05, 4.69) is 24.1 Å². The molecule has 1 saturated carbocycles. The molecule has 106 valence electrons. The zero-order chi connectivity index (χ0) is 13.0. The summed E-state index contributed by atoms with van der Waals surface area (Å²) in [6, 6.07) is 0.728. The molecular weight excluding hydrogens is 224 g/mol. The van der Waals surface area contributed by atoms with Crippen molar-refractivity contribution in [3.8, 4) is 0 Å². The van der Waals surface area contributed by atoms with Gasteiger partial charge in [-0.2, -0.15) is 0 Å². The van der Waals surface area contributed by atoms with Crippen LogP contribution in [0.5, 0.6) is 0 Å². The number of hydrogen-bond acceptors (Lipinski definition) is 3. The Hall–Kier alpha value is -0.120. The van der Waals surface area contributed by atoms with Crippen LogP contribution in [-0.2, 0) is 0 Å². The number of rotatable bonds is 5. The highest BCUT2D eigenvalue weighted by molar-refractivity contribution is 4.90. The first-order chi connectivity index (χ1) is 8.59. The van der Waals surface area contributed by atoms with E-state index in [-0.39, 0.29) is 0 Å². The van der Waals surface area contributed by atoms with Gasteiger partial charge >= 0.3 is 0 Å². The van der Waals surface area contributed by atoms with Gasteiger partial charge in [-0.15, -0.1) is 0 Å². The molecule has 0 amide bonds. The Kier molecular flexibility index (Phi) is 5.05. The molecule has 0 bridgehead atoms. The van der Waals surface area contributed by atoms with Crippen molar-refractivity contribution >= 4 is 0 Å². The third-order valence-electron chi connectivity index (χ3n) is 4.47. The lowest BCUT2D eigenvalue weighted by Gasteiger charge is -2.40. The molecule has 0 aromatic rings. The summed E-state index contributed by atoms with van der Waals surface area (Å²) in [4.78, 5) is 2.59. The first kappa shape index (κ1) is 14.3. The summed E-state index contributed by atoms with van der Waals surface area (Å²) in [6.45, 7) is 8.54. The maximum Gasteiger partial charge on any atom is 0.0798 e. The van der Waals surface area contributed by atoms with E-state index >= 15 is 0 Å². The van der Waals surface area contributed by atoms with Crippen LogP contribution >= 0.6 is 0 Å². The maximum atomic E-state index is 10.7. The fourth-order valence-electron chi connectivity index (χ4n) is 3.51. The van der Waals surface area contributed by atoms with Gasteiger partial charge < -0.3 is 10.4 Å². The molecule has 3 nitrogen and oxygen atoms in total. The van der Waals surface area contributed by atoms with Crippen molar-refractivity contribution in [2.75, 3.05) is 26.2 Å². The molecule has 1 heterocycles. The van der Waals surface area contributed by atoms with E-state index in [0.29, 0.717) is 5.92 Å². The van der Waals surface area contributed by atoms with Crippen LogP contribution < -0.4 is 5.32 Å². The van der Waals surface area contributed by atoms with Crippen LogP contribution in [0, 0.1) is 5.92 Å². The highest BCUT2D eigenvalue weighted by atomic mass is 16.3. The molecule has 1 aliphatic heterocycles. The zero-order valence-electron chi connectivity index (χ0n) is 12.1. The largest absolute Gasteiger partial charge is 0.388 e. The minimum atomic E-state index is -0.442. The summed E-state index contributed by atoms with van der Waals surface area (Å²) in [5, 5.41) is 14.1. The van der Waals surface area contributed by atoms with Crippen LogP contribution in [-0.4, -0.2) is 47.8 Å². The zero-order valence-corrected chi connectivity index (χ0v) is 12.1. The molecular formula is C15H30N2O. The van der Waals surface area contributed by atoms with E-state index in [9.17, 15) is 5.11 Å². The molecule has 2 rings (SSSR count). The minimum absolute atomic E-state index is 0.442. The number of nitrogens with zero attached hydrogens (tertiary/aromatic N) is 1. The molecule has 1 saturated heterocycles. The summed E-state index contributed by atoms with van der Waals surface area (Å²) in [6.07, 6.45) is 7.24. The normalized spacial score (nSPS) is 25.2. The second-order valence-corrected chi connectivity index (χ2v) is 6.74. The van der Waals surface area contributed by atoms with Crippen LogP contribution in [0.4, 0.5) is 0 Å². The van der Waals surface area contributed by atoms with Crippen LogP contribution in [0.2, 0.25) is 0 Å². The lowest BCUT2D eigenvalue weighted by Crippen LogP contribution is -2.52. The Balaban J connectivity index is 1.94. The highest BCUT2D eigenvalue weighted by Crippen LogP contribution is 2.28. The van der Waals surface area contributed by atoms with Gasteiger partial charge in [-0.25, -0.2) is 0 Å². The van der Waals surface area contributed by atoms with Crippen molar-refractivity contribution in [3.05, 3.63) is 0 Å². The maximum absolute atomic E-state index is 10.7. The van der Waals surface area contributed by atoms with Crippen molar-refractivity contribution in [2.45, 2.75) is 64.0 Å². The van der Waals surface area contributed by atoms with Crippen LogP contribution in [0.15, 0.2) is 0 Å². The van der Waals surface area contributed by atoms with Gasteiger partial charge in [-0.05, 0) is 44.7 Å². The van der Waals surface area contributed by atoms with E-state index in [4.69, 9.17) is 0 Å². The van der Waals surface area contributed by atoms with Gasteiger partial charge in [0, 0.05) is 19.1 Å². The fourth-order valence-corrected chi connectivity index (χ4v) is 3.51. The van der Waals surface area contributed by atoms with Gasteiger partial charge in [0.2, 0.25) is 0 Å². The predicted molar refractivity (Wildman–Crippen MR) is 75.7 cm³/mol. The third-order valence-corrected chi connectivity index (χ3v) is 4.47. The van der Waals surface area contributed by atoms with E-state index in [0.717, 1.165) is 45.1 Å². The molecule has 0 spiro atoms.